The maximum Gasteiger partial charge on any atom is 0.320 e. The molecule has 1 amide bonds. The van der Waals surface area contributed by atoms with Gasteiger partial charge in [0.05, 0.1) is 26.2 Å². The first kappa shape index (κ1) is 66.2. The minimum Gasteiger partial charge on any atom is -0.459 e. The summed E-state index contributed by atoms with van der Waals surface area (Å²) in [5.74, 6) is -1.63. The number of carbonyl (C=O) groups excluding carboxylic acids is 5. The molecule has 0 saturated carbocycles. The Bertz CT molecular complexity index is 1400. The lowest BCUT2D eigenvalue weighted by Gasteiger charge is -2.46. The van der Waals surface area contributed by atoms with Crippen LogP contribution in [0, 0.1) is 0 Å². The zero-order chi connectivity index (χ0) is 53.6. The maximum atomic E-state index is 14.3. The highest BCUT2D eigenvalue weighted by molar-refractivity contribution is 5.77. The fourth-order valence-electron chi connectivity index (χ4n) is 9.50. The summed E-state index contributed by atoms with van der Waals surface area (Å²) in [4.78, 5) is 77.1. The molecule has 13 nitrogen and oxygen atoms in total. The molecule has 0 radical (unpaired) electrons. The quantitative estimate of drug-likeness (QED) is 0.0336. The minimum absolute atomic E-state index is 0.0304. The van der Waals surface area contributed by atoms with Gasteiger partial charge in [-0.1, -0.05) is 136 Å². The van der Waals surface area contributed by atoms with Crippen LogP contribution >= 0.6 is 0 Å². The van der Waals surface area contributed by atoms with E-state index in [0.29, 0.717) is 38.8 Å². The van der Waals surface area contributed by atoms with E-state index in [1.54, 1.807) is 0 Å². The third-order valence-electron chi connectivity index (χ3n) is 12.7. The summed E-state index contributed by atoms with van der Waals surface area (Å²) in [6.45, 7) is 28.8. The third-order valence-corrected chi connectivity index (χ3v) is 12.7. The van der Waals surface area contributed by atoms with Crippen LogP contribution in [0.5, 0.6) is 0 Å². The van der Waals surface area contributed by atoms with Crippen molar-refractivity contribution in [2.45, 2.75) is 279 Å². The van der Waals surface area contributed by atoms with Gasteiger partial charge in [-0.3, -0.25) is 38.7 Å². The molecule has 0 aromatic heterocycles. The van der Waals surface area contributed by atoms with E-state index in [1.807, 2.05) is 97.8 Å². The summed E-state index contributed by atoms with van der Waals surface area (Å²) in [6, 6.07) is 0. The van der Waals surface area contributed by atoms with Crippen LogP contribution in [0.15, 0.2) is 0 Å². The number of ether oxygens (including phenoxy) is 4. The average Bonchev–Trinajstić information content (AvgIpc) is 3.38. The second-order valence-electron chi connectivity index (χ2n) is 24.8. The van der Waals surface area contributed by atoms with Crippen molar-refractivity contribution in [3.63, 3.8) is 0 Å². The van der Waals surface area contributed by atoms with Crippen molar-refractivity contribution in [3.05, 3.63) is 0 Å². The number of unbranched alkanes of at least 4 members (excludes halogenated alkanes) is 19. The van der Waals surface area contributed by atoms with E-state index in [0.717, 1.165) is 38.8 Å². The molecule has 0 spiro atoms. The van der Waals surface area contributed by atoms with Crippen molar-refractivity contribution in [1.29, 1.82) is 0 Å². The molecule has 1 saturated heterocycles. The number of carbonyl (C=O) groups is 5. The Balaban J connectivity index is 3.52. The smallest absolute Gasteiger partial charge is 0.320 e. The Morgan fingerprint density at radius 3 is 1.06 bits per heavy atom. The Hall–Kier alpha value is -2.77. The number of hydrogen-bond donors (Lipinski definition) is 0. The van der Waals surface area contributed by atoms with Crippen molar-refractivity contribution in [3.8, 4) is 0 Å². The molecule has 0 N–H and O–H groups in total. The molecule has 416 valence electrons. The normalized spacial score (nSPS) is 15.1. The van der Waals surface area contributed by atoms with E-state index in [2.05, 4.69) is 18.7 Å². The Kier molecular flexibility index (Phi) is 32.3. The van der Waals surface area contributed by atoms with Gasteiger partial charge in [-0.25, -0.2) is 0 Å². The van der Waals surface area contributed by atoms with Gasteiger partial charge in [-0.2, -0.15) is 0 Å². The second kappa shape index (κ2) is 34.7. The predicted octanol–water partition coefficient (Wildman–Crippen LogP) is 12.2. The molecule has 13 heteroatoms. The number of hydrogen-bond acceptors (Lipinski definition) is 12. The first-order valence-electron chi connectivity index (χ1n) is 28.5. The molecule has 1 heterocycles. The summed E-state index contributed by atoms with van der Waals surface area (Å²) in [7, 11) is 0. The van der Waals surface area contributed by atoms with Crippen LogP contribution in [0.1, 0.15) is 251 Å². The molecule has 0 aliphatic carbocycles. The van der Waals surface area contributed by atoms with Gasteiger partial charge in [-0.05, 0) is 109 Å². The second-order valence-corrected chi connectivity index (χ2v) is 24.8. The van der Waals surface area contributed by atoms with Gasteiger partial charge >= 0.3 is 23.9 Å². The van der Waals surface area contributed by atoms with Gasteiger partial charge in [0, 0.05) is 51.2 Å². The van der Waals surface area contributed by atoms with Crippen molar-refractivity contribution < 1.29 is 42.9 Å². The molecule has 1 rings (SSSR count). The van der Waals surface area contributed by atoms with Crippen LogP contribution in [-0.4, -0.2) is 143 Å². The van der Waals surface area contributed by atoms with Crippen LogP contribution in [0.25, 0.3) is 0 Å². The summed E-state index contributed by atoms with van der Waals surface area (Å²) in [5.41, 5.74) is -3.97. The summed E-state index contributed by atoms with van der Waals surface area (Å²) in [6.07, 6.45) is 26.9. The third kappa shape index (κ3) is 35.1. The van der Waals surface area contributed by atoms with Crippen molar-refractivity contribution in [2.24, 2.45) is 0 Å². The van der Waals surface area contributed by atoms with E-state index in [1.165, 1.54) is 103 Å². The summed E-state index contributed by atoms with van der Waals surface area (Å²) >= 11 is 0. The fourth-order valence-corrected chi connectivity index (χ4v) is 9.50. The van der Waals surface area contributed by atoms with Crippen LogP contribution in [-0.2, 0) is 42.9 Å². The maximum absolute atomic E-state index is 14.3. The van der Waals surface area contributed by atoms with E-state index < -0.39 is 51.8 Å². The molecule has 1 aliphatic heterocycles. The van der Waals surface area contributed by atoms with Crippen LogP contribution < -0.4 is 0 Å². The van der Waals surface area contributed by atoms with E-state index in [-0.39, 0.29) is 45.2 Å². The molecule has 0 atom stereocenters. The highest BCUT2D eigenvalue weighted by Crippen LogP contribution is 2.30. The van der Waals surface area contributed by atoms with Crippen LogP contribution in [0.4, 0.5) is 0 Å². The number of esters is 4. The SMILES string of the molecule is CCCCCCCCCCCCN(CCCCCCCCCCCC)C(=O)CCCCC1(N(CC(=O)OC(C)(C)C)CC(=O)OC(C)(C)C)CN(CC(=O)OC(C)(C)C)CCN(CC(=O)OC(C)(C)C)C1. The molecule has 1 aliphatic rings. The molecule has 0 unspecified atom stereocenters. The largest absolute Gasteiger partial charge is 0.459 e. The number of rotatable bonds is 36. The number of amides is 1. The topological polar surface area (TPSA) is 135 Å². The van der Waals surface area contributed by atoms with Crippen LogP contribution in [0.3, 0.4) is 0 Å². The highest BCUT2D eigenvalue weighted by Gasteiger charge is 2.45. The van der Waals surface area contributed by atoms with Gasteiger partial charge in [0.15, 0.2) is 0 Å². The lowest BCUT2D eigenvalue weighted by Crippen LogP contribution is -2.62. The van der Waals surface area contributed by atoms with Crippen molar-refractivity contribution in [1.82, 2.24) is 19.6 Å². The first-order valence-corrected chi connectivity index (χ1v) is 28.5. The standard InChI is InChI=1S/C58H110N4O9/c1-15-17-19-21-23-25-27-29-31-35-39-61(40-36-32-30-28-26-24-22-20-18-16-2)49(63)37-33-34-38-58(62(45-52(66)70-56(9,10)11)46-53(67)71-57(12,13)14)47-59(43-50(64)68-54(3,4)5)41-42-60(48-58)44-51(65)69-55(6,7)8/h15-48H2,1-14H3. The molecule has 1 fully saturated rings. The predicted molar refractivity (Wildman–Crippen MR) is 289 cm³/mol. The highest BCUT2D eigenvalue weighted by atomic mass is 16.6. The van der Waals surface area contributed by atoms with Crippen molar-refractivity contribution in [2.75, 3.05) is 65.4 Å². The van der Waals surface area contributed by atoms with Crippen LogP contribution in [0.2, 0.25) is 0 Å². The number of nitrogens with zero attached hydrogens (tertiary/aromatic N) is 4. The Labute approximate surface area is 435 Å². The molecule has 0 aromatic rings. The van der Waals surface area contributed by atoms with Gasteiger partial charge < -0.3 is 23.8 Å². The zero-order valence-corrected chi connectivity index (χ0v) is 48.5. The van der Waals surface area contributed by atoms with Gasteiger partial charge in [0.1, 0.15) is 22.4 Å². The minimum atomic E-state index is -0.983. The van der Waals surface area contributed by atoms with E-state index >= 15 is 0 Å². The lowest BCUT2D eigenvalue weighted by atomic mass is 9.88. The van der Waals surface area contributed by atoms with Gasteiger partial charge in [-0.15, -0.1) is 0 Å². The van der Waals surface area contributed by atoms with Gasteiger partial charge in [0.2, 0.25) is 5.91 Å². The first-order chi connectivity index (χ1) is 33.2. The fraction of sp³-hybridized carbons (Fsp3) is 0.914. The summed E-state index contributed by atoms with van der Waals surface area (Å²) < 4.78 is 23.4. The zero-order valence-electron chi connectivity index (χ0n) is 48.5. The molecule has 0 aromatic carbocycles. The van der Waals surface area contributed by atoms with E-state index in [4.69, 9.17) is 18.9 Å². The Morgan fingerprint density at radius 1 is 0.423 bits per heavy atom. The average molecular weight is 1010 g/mol. The monoisotopic (exact) mass is 1010 g/mol. The molecular weight excluding hydrogens is 897 g/mol. The Morgan fingerprint density at radius 2 is 0.732 bits per heavy atom. The van der Waals surface area contributed by atoms with Gasteiger partial charge in [0.25, 0.3) is 0 Å². The molecular formula is C58H110N4O9. The molecule has 0 bridgehead atoms. The lowest BCUT2D eigenvalue weighted by molar-refractivity contribution is -0.166. The van der Waals surface area contributed by atoms with E-state index in [9.17, 15) is 24.0 Å². The summed E-state index contributed by atoms with van der Waals surface area (Å²) in [5, 5.41) is 0. The van der Waals surface area contributed by atoms with Crippen molar-refractivity contribution >= 4 is 29.8 Å². The molecule has 71 heavy (non-hydrogen) atoms.